The van der Waals surface area contributed by atoms with Crippen molar-refractivity contribution >= 4 is 11.6 Å². The third-order valence-corrected chi connectivity index (χ3v) is 11.2. The fraction of sp³-hybridized carbons (Fsp3) is 0.800. The van der Waals surface area contributed by atoms with Crippen molar-refractivity contribution in [3.05, 3.63) is 23.3 Å². The van der Waals surface area contributed by atoms with Crippen LogP contribution in [0.25, 0.3) is 0 Å². The molecule has 3 nitrogen and oxygen atoms in total. The summed E-state index contributed by atoms with van der Waals surface area (Å²) in [6, 6.07) is 0. The van der Waals surface area contributed by atoms with Crippen LogP contribution < -0.4 is 0 Å². The smallest absolute Gasteiger partial charge is 0.160 e. The lowest BCUT2D eigenvalue weighted by Gasteiger charge is -2.62. The summed E-state index contributed by atoms with van der Waals surface area (Å²) in [5.74, 6) is 1.65. The Morgan fingerprint density at radius 2 is 1.76 bits per heavy atom. The molecule has 4 aliphatic carbocycles. The zero-order valence-electron chi connectivity index (χ0n) is 22.3. The maximum Gasteiger partial charge on any atom is 0.160 e. The van der Waals surface area contributed by atoms with Crippen LogP contribution >= 0.6 is 0 Å². The number of carbonyl (C=O) groups excluding carboxylic acids is 2. The number of carbonyl (C=O) groups is 2. The summed E-state index contributed by atoms with van der Waals surface area (Å²) >= 11 is 0. The van der Waals surface area contributed by atoms with E-state index in [1.807, 2.05) is 39.8 Å². The lowest BCUT2D eigenvalue weighted by Crippen LogP contribution is -2.59. The average Bonchev–Trinajstić information content (AvgIpc) is 2.96. The van der Waals surface area contributed by atoms with E-state index >= 15 is 0 Å². The Morgan fingerprint density at radius 1 is 1.09 bits per heavy atom. The van der Waals surface area contributed by atoms with Gasteiger partial charge in [-0.3, -0.25) is 9.59 Å². The van der Waals surface area contributed by atoms with Gasteiger partial charge in [-0.2, -0.15) is 0 Å². The Balaban J connectivity index is 1.69. The molecular weight excluding hydrogens is 408 g/mol. The first kappa shape index (κ1) is 24.9. The standard InChI is InChI=1S/C30H46O3/c1-18(2)15-20(31)16-19(3)21-9-13-30(8)23-17-24(32)26-27(4,5)25(33)11-12-28(26,6)22(23)10-14-29(21,30)7/h15,17,19-22,26,31H,9-14,16H2,1-8H3/t19-,20+,21-,22+,26?,28-,29+,30-/m1/s1. The number of aliphatic hydroxyl groups is 1. The van der Waals surface area contributed by atoms with Gasteiger partial charge in [0.15, 0.2) is 5.78 Å². The monoisotopic (exact) mass is 454 g/mol. The van der Waals surface area contributed by atoms with Crippen LogP contribution in [0.3, 0.4) is 0 Å². The molecule has 3 heteroatoms. The molecule has 0 radical (unpaired) electrons. The SMILES string of the molecule is CC(C)=C[C@H](O)C[C@@H](C)[C@H]1CC[C@]2(C)C3=CC(=O)C4C(C)(C)C(=O)CC[C@]4(C)[C@H]3CC[C@@]12C. The van der Waals surface area contributed by atoms with Crippen LogP contribution in [0.1, 0.15) is 100 Å². The molecule has 0 aromatic heterocycles. The van der Waals surface area contributed by atoms with E-state index in [1.54, 1.807) is 0 Å². The zero-order valence-corrected chi connectivity index (χ0v) is 22.3. The van der Waals surface area contributed by atoms with Gasteiger partial charge in [-0.25, -0.2) is 0 Å². The van der Waals surface area contributed by atoms with Crippen molar-refractivity contribution in [2.75, 3.05) is 0 Å². The number of Topliss-reactive ketones (excluding diaryl/α,β-unsaturated/α-hetero) is 1. The Bertz CT molecular complexity index is 906. The molecule has 8 atom stereocenters. The van der Waals surface area contributed by atoms with Gasteiger partial charge in [-0.15, -0.1) is 0 Å². The van der Waals surface area contributed by atoms with E-state index < -0.39 is 5.41 Å². The number of ketones is 2. The topological polar surface area (TPSA) is 54.4 Å². The molecule has 4 aliphatic rings. The summed E-state index contributed by atoms with van der Waals surface area (Å²) in [5.41, 5.74) is 2.03. The normalized spacial score (nSPS) is 43.7. The second kappa shape index (κ2) is 7.90. The van der Waals surface area contributed by atoms with Gasteiger partial charge in [0.05, 0.1) is 6.10 Å². The van der Waals surface area contributed by atoms with Crippen LogP contribution in [-0.2, 0) is 9.59 Å². The second-order valence-electron chi connectivity index (χ2n) is 13.6. The summed E-state index contributed by atoms with van der Waals surface area (Å²) in [7, 11) is 0. The third-order valence-electron chi connectivity index (χ3n) is 11.2. The molecule has 1 N–H and O–H groups in total. The van der Waals surface area contributed by atoms with Crippen molar-refractivity contribution in [3.63, 3.8) is 0 Å². The minimum absolute atomic E-state index is 0.0194. The summed E-state index contributed by atoms with van der Waals surface area (Å²) in [6.07, 6.45) is 10.4. The second-order valence-corrected chi connectivity index (χ2v) is 13.6. The van der Waals surface area contributed by atoms with Gasteiger partial charge in [-0.1, -0.05) is 58.8 Å². The summed E-state index contributed by atoms with van der Waals surface area (Å²) in [6.45, 7) is 17.6. The maximum absolute atomic E-state index is 13.7. The quantitative estimate of drug-likeness (QED) is 0.481. The molecule has 3 fully saturated rings. The van der Waals surface area contributed by atoms with Crippen LogP contribution in [0.4, 0.5) is 0 Å². The summed E-state index contributed by atoms with van der Waals surface area (Å²) < 4.78 is 0. The maximum atomic E-state index is 13.7. The van der Waals surface area contributed by atoms with Crippen molar-refractivity contribution in [2.24, 2.45) is 45.3 Å². The van der Waals surface area contributed by atoms with Gasteiger partial charge in [0.25, 0.3) is 0 Å². The highest BCUT2D eigenvalue weighted by molar-refractivity contribution is 6.00. The molecule has 33 heavy (non-hydrogen) atoms. The molecular formula is C30H46O3. The van der Waals surface area contributed by atoms with E-state index in [-0.39, 0.29) is 39.8 Å². The van der Waals surface area contributed by atoms with Gasteiger partial charge in [0, 0.05) is 17.8 Å². The third kappa shape index (κ3) is 3.46. The predicted octanol–water partition coefficient (Wildman–Crippen LogP) is 6.69. The number of aliphatic hydroxyl groups excluding tert-OH is 1. The number of rotatable bonds is 4. The largest absolute Gasteiger partial charge is 0.389 e. The fourth-order valence-electron chi connectivity index (χ4n) is 9.36. The molecule has 0 aromatic rings. The van der Waals surface area contributed by atoms with E-state index in [2.05, 4.69) is 27.7 Å². The molecule has 0 aliphatic heterocycles. The van der Waals surface area contributed by atoms with E-state index in [4.69, 9.17) is 0 Å². The first-order chi connectivity index (χ1) is 15.2. The highest BCUT2D eigenvalue weighted by Crippen LogP contribution is 2.72. The lowest BCUT2D eigenvalue weighted by molar-refractivity contribution is -0.155. The van der Waals surface area contributed by atoms with E-state index in [9.17, 15) is 14.7 Å². The fourth-order valence-corrected chi connectivity index (χ4v) is 9.36. The molecule has 0 saturated heterocycles. The first-order valence-corrected chi connectivity index (χ1v) is 13.3. The van der Waals surface area contributed by atoms with Gasteiger partial charge in [-0.05, 0) is 92.4 Å². The Hall–Kier alpha value is -1.22. The molecule has 0 amide bonds. The lowest BCUT2D eigenvalue weighted by atomic mass is 9.41. The minimum atomic E-state index is -0.568. The van der Waals surface area contributed by atoms with Gasteiger partial charge < -0.3 is 5.11 Å². The predicted molar refractivity (Wildman–Crippen MR) is 134 cm³/mol. The Labute approximate surface area is 201 Å². The van der Waals surface area contributed by atoms with E-state index in [0.29, 0.717) is 24.2 Å². The molecule has 0 heterocycles. The van der Waals surface area contributed by atoms with Gasteiger partial charge in [0.1, 0.15) is 5.78 Å². The number of hydrogen-bond donors (Lipinski definition) is 1. The van der Waals surface area contributed by atoms with Crippen molar-refractivity contribution < 1.29 is 14.7 Å². The molecule has 0 aromatic carbocycles. The van der Waals surface area contributed by atoms with Crippen LogP contribution in [0.2, 0.25) is 0 Å². The summed E-state index contributed by atoms with van der Waals surface area (Å²) in [5, 5.41) is 10.6. The van der Waals surface area contributed by atoms with Crippen LogP contribution in [0.15, 0.2) is 23.3 Å². The Morgan fingerprint density at radius 3 is 2.39 bits per heavy atom. The molecule has 0 spiro atoms. The van der Waals surface area contributed by atoms with Crippen LogP contribution in [-0.4, -0.2) is 22.8 Å². The van der Waals surface area contributed by atoms with Crippen molar-refractivity contribution in [1.82, 2.24) is 0 Å². The van der Waals surface area contributed by atoms with Crippen LogP contribution in [0.5, 0.6) is 0 Å². The van der Waals surface area contributed by atoms with Crippen molar-refractivity contribution in [1.29, 1.82) is 0 Å². The molecule has 0 bridgehead atoms. The minimum Gasteiger partial charge on any atom is -0.389 e. The van der Waals surface area contributed by atoms with Crippen molar-refractivity contribution in [2.45, 2.75) is 106 Å². The average molecular weight is 455 g/mol. The van der Waals surface area contributed by atoms with E-state index in [0.717, 1.165) is 32.1 Å². The number of allylic oxidation sites excluding steroid dienone is 3. The highest BCUT2D eigenvalue weighted by atomic mass is 16.3. The number of hydrogen-bond acceptors (Lipinski definition) is 3. The van der Waals surface area contributed by atoms with Crippen LogP contribution in [0, 0.1) is 45.3 Å². The molecule has 1 unspecified atom stereocenters. The highest BCUT2D eigenvalue weighted by Gasteiger charge is 2.66. The molecule has 4 rings (SSSR count). The van der Waals surface area contributed by atoms with Gasteiger partial charge >= 0.3 is 0 Å². The van der Waals surface area contributed by atoms with Crippen molar-refractivity contribution in [3.8, 4) is 0 Å². The van der Waals surface area contributed by atoms with E-state index in [1.165, 1.54) is 17.6 Å². The number of fused-ring (bicyclic) bond motifs is 5. The Kier molecular flexibility index (Phi) is 5.96. The van der Waals surface area contributed by atoms with Gasteiger partial charge in [0.2, 0.25) is 0 Å². The zero-order chi connectivity index (χ0) is 24.6. The molecule has 184 valence electrons. The summed E-state index contributed by atoms with van der Waals surface area (Å²) in [4.78, 5) is 26.5. The first-order valence-electron chi connectivity index (χ1n) is 13.3. The molecule has 3 saturated carbocycles.